The van der Waals surface area contributed by atoms with Gasteiger partial charge >= 0.3 is 0 Å². The highest BCUT2D eigenvalue weighted by Crippen LogP contribution is 2.24. The molecule has 4 heteroatoms. The van der Waals surface area contributed by atoms with E-state index in [1.807, 2.05) is 26.0 Å². The van der Waals surface area contributed by atoms with Gasteiger partial charge in [-0.25, -0.2) is 0 Å². The number of nitrogens with two attached hydrogens (primary N) is 1. The molecule has 0 bridgehead atoms. The Kier molecular flexibility index (Phi) is 3.95. The van der Waals surface area contributed by atoms with E-state index in [2.05, 4.69) is 0 Å². The van der Waals surface area contributed by atoms with Crippen molar-refractivity contribution in [3.8, 4) is 0 Å². The molecule has 80 valence electrons. The molecule has 1 aromatic heterocycles. The van der Waals surface area contributed by atoms with Crippen molar-refractivity contribution in [2.24, 2.45) is 5.73 Å². The van der Waals surface area contributed by atoms with Crippen LogP contribution in [0.5, 0.6) is 0 Å². The standard InChI is InChI=1S/C10H16ClNOS/c1-10(2,13-3)8(12)6-7-4-5-9(11)14-7/h4-5,8H,6,12H2,1-3H3. The Morgan fingerprint density at radius 1 is 1.57 bits per heavy atom. The summed E-state index contributed by atoms with van der Waals surface area (Å²) in [7, 11) is 1.68. The Labute approximate surface area is 94.0 Å². The van der Waals surface area contributed by atoms with Crippen LogP contribution in [-0.2, 0) is 11.2 Å². The number of hydrogen-bond donors (Lipinski definition) is 1. The van der Waals surface area contributed by atoms with E-state index in [9.17, 15) is 0 Å². The van der Waals surface area contributed by atoms with Crippen molar-refractivity contribution in [1.29, 1.82) is 0 Å². The van der Waals surface area contributed by atoms with Crippen LogP contribution in [0.4, 0.5) is 0 Å². The average Bonchev–Trinajstić information content (AvgIpc) is 2.51. The molecule has 0 aliphatic carbocycles. The molecule has 2 N–H and O–H groups in total. The maximum atomic E-state index is 6.04. The van der Waals surface area contributed by atoms with Gasteiger partial charge in [-0.05, 0) is 32.4 Å². The van der Waals surface area contributed by atoms with E-state index in [4.69, 9.17) is 22.1 Å². The first-order valence-corrected chi connectivity index (χ1v) is 5.70. The van der Waals surface area contributed by atoms with Gasteiger partial charge < -0.3 is 10.5 Å². The molecule has 2 nitrogen and oxygen atoms in total. The summed E-state index contributed by atoms with van der Waals surface area (Å²) in [5.74, 6) is 0. The van der Waals surface area contributed by atoms with E-state index < -0.39 is 0 Å². The van der Waals surface area contributed by atoms with Crippen molar-refractivity contribution in [3.05, 3.63) is 21.3 Å². The van der Waals surface area contributed by atoms with Crippen molar-refractivity contribution in [2.75, 3.05) is 7.11 Å². The number of thiophene rings is 1. The maximum absolute atomic E-state index is 6.04. The lowest BCUT2D eigenvalue weighted by atomic mass is 9.96. The molecule has 1 unspecified atom stereocenters. The molecule has 0 saturated heterocycles. The number of halogens is 1. The Hall–Kier alpha value is -0.0900. The van der Waals surface area contributed by atoms with Gasteiger partial charge in [0.15, 0.2) is 0 Å². The molecular weight excluding hydrogens is 218 g/mol. The van der Waals surface area contributed by atoms with Crippen molar-refractivity contribution in [2.45, 2.75) is 31.9 Å². The Balaban J connectivity index is 2.61. The minimum Gasteiger partial charge on any atom is -0.377 e. The average molecular weight is 234 g/mol. The molecule has 1 atom stereocenters. The number of hydrogen-bond acceptors (Lipinski definition) is 3. The monoisotopic (exact) mass is 233 g/mol. The fourth-order valence-electron chi connectivity index (χ4n) is 1.08. The third-order valence-electron chi connectivity index (χ3n) is 2.47. The summed E-state index contributed by atoms with van der Waals surface area (Å²) in [6, 6.07) is 3.90. The molecule has 1 heterocycles. The van der Waals surface area contributed by atoms with E-state index in [-0.39, 0.29) is 11.6 Å². The minimum absolute atomic E-state index is 0.0118. The molecule has 0 amide bonds. The van der Waals surface area contributed by atoms with Crippen molar-refractivity contribution < 1.29 is 4.74 Å². The highest BCUT2D eigenvalue weighted by atomic mass is 35.5. The van der Waals surface area contributed by atoms with E-state index in [0.29, 0.717) is 0 Å². The molecular formula is C10H16ClNOS. The summed E-state index contributed by atoms with van der Waals surface area (Å²) in [4.78, 5) is 1.20. The van der Waals surface area contributed by atoms with Gasteiger partial charge in [0.05, 0.1) is 9.94 Å². The van der Waals surface area contributed by atoms with Gasteiger partial charge in [-0.1, -0.05) is 11.6 Å². The van der Waals surface area contributed by atoms with Crippen LogP contribution >= 0.6 is 22.9 Å². The normalized spacial score (nSPS) is 14.4. The first-order chi connectivity index (χ1) is 6.45. The maximum Gasteiger partial charge on any atom is 0.0931 e. The van der Waals surface area contributed by atoms with Crippen LogP contribution in [0.25, 0.3) is 0 Å². The summed E-state index contributed by atoms with van der Waals surface area (Å²) in [5, 5.41) is 0. The molecule has 0 radical (unpaired) electrons. The van der Waals surface area contributed by atoms with Gasteiger partial charge in [0, 0.05) is 18.0 Å². The molecule has 0 spiro atoms. The second-order valence-electron chi connectivity index (χ2n) is 3.82. The second-order valence-corrected chi connectivity index (χ2v) is 5.62. The van der Waals surface area contributed by atoms with Crippen molar-refractivity contribution in [1.82, 2.24) is 0 Å². The largest absolute Gasteiger partial charge is 0.377 e. The lowest BCUT2D eigenvalue weighted by molar-refractivity contribution is 0.000997. The van der Waals surface area contributed by atoms with Crippen LogP contribution in [0, 0.1) is 0 Å². The minimum atomic E-state index is -0.295. The lowest BCUT2D eigenvalue weighted by Crippen LogP contribution is -2.45. The molecule has 0 aromatic carbocycles. The summed E-state index contributed by atoms with van der Waals surface area (Å²) in [6.45, 7) is 3.99. The van der Waals surface area contributed by atoms with Crippen LogP contribution in [0.2, 0.25) is 4.34 Å². The van der Waals surface area contributed by atoms with Crippen LogP contribution in [0.15, 0.2) is 12.1 Å². The quantitative estimate of drug-likeness (QED) is 0.868. The molecule has 0 saturated carbocycles. The zero-order valence-corrected chi connectivity index (χ0v) is 10.3. The summed E-state index contributed by atoms with van der Waals surface area (Å²) in [6.07, 6.45) is 0.804. The lowest BCUT2D eigenvalue weighted by Gasteiger charge is -2.29. The molecule has 14 heavy (non-hydrogen) atoms. The predicted molar refractivity (Wildman–Crippen MR) is 62.1 cm³/mol. The second kappa shape index (κ2) is 4.62. The molecule has 1 rings (SSSR count). The smallest absolute Gasteiger partial charge is 0.0931 e. The third-order valence-corrected chi connectivity index (χ3v) is 3.72. The Bertz CT molecular complexity index is 298. The molecule has 0 aliphatic rings. The summed E-state index contributed by atoms with van der Waals surface area (Å²) >= 11 is 7.41. The van der Waals surface area contributed by atoms with E-state index in [1.54, 1.807) is 18.4 Å². The zero-order valence-electron chi connectivity index (χ0n) is 8.71. The van der Waals surface area contributed by atoms with Gasteiger partial charge in [-0.3, -0.25) is 0 Å². The topological polar surface area (TPSA) is 35.2 Å². The highest BCUT2D eigenvalue weighted by Gasteiger charge is 2.26. The number of methoxy groups -OCH3 is 1. The van der Waals surface area contributed by atoms with Crippen LogP contribution < -0.4 is 5.73 Å². The Morgan fingerprint density at radius 3 is 2.64 bits per heavy atom. The summed E-state index contributed by atoms with van der Waals surface area (Å²) < 4.78 is 6.13. The van der Waals surface area contributed by atoms with Crippen molar-refractivity contribution in [3.63, 3.8) is 0 Å². The predicted octanol–water partition coefficient (Wildman–Crippen LogP) is 2.70. The van der Waals surface area contributed by atoms with Gasteiger partial charge in [0.25, 0.3) is 0 Å². The molecule has 1 aromatic rings. The Morgan fingerprint density at radius 2 is 2.21 bits per heavy atom. The fourth-order valence-corrected chi connectivity index (χ4v) is 2.22. The summed E-state index contributed by atoms with van der Waals surface area (Å²) in [5.41, 5.74) is 5.75. The van der Waals surface area contributed by atoms with E-state index >= 15 is 0 Å². The van der Waals surface area contributed by atoms with E-state index in [0.717, 1.165) is 10.8 Å². The first kappa shape index (κ1) is 12.0. The fraction of sp³-hybridized carbons (Fsp3) is 0.600. The number of ether oxygens (including phenoxy) is 1. The van der Waals surface area contributed by atoms with Crippen molar-refractivity contribution >= 4 is 22.9 Å². The third kappa shape index (κ3) is 2.95. The van der Waals surface area contributed by atoms with Gasteiger partial charge in [0.2, 0.25) is 0 Å². The SMILES string of the molecule is COC(C)(C)C(N)Cc1ccc(Cl)s1. The molecule has 0 fully saturated rings. The number of rotatable bonds is 4. The zero-order chi connectivity index (χ0) is 10.8. The van der Waals surface area contributed by atoms with E-state index in [1.165, 1.54) is 4.88 Å². The molecule has 0 aliphatic heterocycles. The first-order valence-electron chi connectivity index (χ1n) is 4.50. The van der Waals surface area contributed by atoms with Gasteiger partial charge in [-0.15, -0.1) is 11.3 Å². The van der Waals surface area contributed by atoms with Gasteiger partial charge in [0.1, 0.15) is 0 Å². The van der Waals surface area contributed by atoms with Crippen LogP contribution in [0.1, 0.15) is 18.7 Å². The van der Waals surface area contributed by atoms with Crippen LogP contribution in [0.3, 0.4) is 0 Å². The highest BCUT2D eigenvalue weighted by molar-refractivity contribution is 7.16. The van der Waals surface area contributed by atoms with Crippen LogP contribution in [-0.4, -0.2) is 18.8 Å². The van der Waals surface area contributed by atoms with Gasteiger partial charge in [-0.2, -0.15) is 0 Å².